The number of aliphatic imine (C=N–C) groups is 1. The van der Waals surface area contributed by atoms with Crippen molar-refractivity contribution >= 4 is 34.5 Å². The predicted octanol–water partition coefficient (Wildman–Crippen LogP) is 4.06. The highest BCUT2D eigenvalue weighted by Crippen LogP contribution is 2.28. The third kappa shape index (κ3) is 3.47. The van der Waals surface area contributed by atoms with E-state index in [2.05, 4.69) is 27.6 Å². The first-order valence-electron chi connectivity index (χ1n) is 5.77. The molecule has 0 saturated carbocycles. The van der Waals surface area contributed by atoms with E-state index >= 15 is 0 Å². The van der Waals surface area contributed by atoms with Crippen LogP contribution in [0.15, 0.2) is 41.4 Å². The van der Waals surface area contributed by atoms with E-state index in [0.29, 0.717) is 5.75 Å². The fraction of sp³-hybridized carbons (Fsp3) is 0.133. The maximum Gasteiger partial charge on any atom is 0.132 e. The second kappa shape index (κ2) is 6.06. The summed E-state index contributed by atoms with van der Waals surface area (Å²) in [5, 5.41) is 9.64. The molecule has 0 bridgehead atoms. The third-order valence-corrected chi connectivity index (χ3v) is 3.55. The van der Waals surface area contributed by atoms with Crippen LogP contribution in [0.5, 0.6) is 11.5 Å². The van der Waals surface area contributed by atoms with Gasteiger partial charge in [-0.15, -0.1) is 0 Å². The minimum atomic E-state index is 0.213. The van der Waals surface area contributed by atoms with Gasteiger partial charge in [0.1, 0.15) is 11.5 Å². The highest BCUT2D eigenvalue weighted by molar-refractivity contribution is 14.1. The summed E-state index contributed by atoms with van der Waals surface area (Å²) in [5.41, 5.74) is 2.93. The van der Waals surface area contributed by atoms with Crippen LogP contribution in [0.4, 0.5) is 5.69 Å². The van der Waals surface area contributed by atoms with E-state index in [1.807, 2.05) is 37.3 Å². The first-order chi connectivity index (χ1) is 9.10. The average Bonchev–Trinajstić information content (AvgIpc) is 2.41. The Bertz CT molecular complexity index is 606. The summed E-state index contributed by atoms with van der Waals surface area (Å²) in [5.74, 6) is 0.818. The molecule has 4 heteroatoms. The molecule has 0 heterocycles. The highest BCUT2D eigenvalue weighted by Gasteiger charge is 2.06. The minimum absolute atomic E-state index is 0.213. The van der Waals surface area contributed by atoms with Crippen molar-refractivity contribution < 1.29 is 9.84 Å². The van der Waals surface area contributed by atoms with E-state index in [1.54, 1.807) is 19.4 Å². The number of phenols is 1. The van der Waals surface area contributed by atoms with Crippen LogP contribution in [0.2, 0.25) is 0 Å². The number of phenolic OH excluding ortho intramolecular Hbond substituents is 1. The van der Waals surface area contributed by atoms with Crippen molar-refractivity contribution in [1.82, 2.24) is 0 Å². The molecule has 19 heavy (non-hydrogen) atoms. The number of hydrogen-bond acceptors (Lipinski definition) is 3. The van der Waals surface area contributed by atoms with Crippen LogP contribution in [0.1, 0.15) is 11.1 Å². The van der Waals surface area contributed by atoms with E-state index < -0.39 is 0 Å². The zero-order valence-corrected chi connectivity index (χ0v) is 12.9. The minimum Gasteiger partial charge on any atom is -0.507 e. The molecule has 0 saturated heterocycles. The molecule has 0 aliphatic heterocycles. The van der Waals surface area contributed by atoms with Gasteiger partial charge < -0.3 is 9.84 Å². The zero-order chi connectivity index (χ0) is 13.8. The number of nitrogens with zero attached hydrogens (tertiary/aromatic N) is 1. The maximum absolute atomic E-state index is 9.64. The number of hydrogen-bond donors (Lipinski definition) is 1. The summed E-state index contributed by atoms with van der Waals surface area (Å²) in [6, 6.07) is 11.4. The van der Waals surface area contributed by atoms with Gasteiger partial charge in [-0.2, -0.15) is 0 Å². The molecule has 3 nitrogen and oxygen atoms in total. The van der Waals surface area contributed by atoms with Gasteiger partial charge in [0.2, 0.25) is 0 Å². The van der Waals surface area contributed by atoms with Gasteiger partial charge in [-0.1, -0.05) is 17.7 Å². The van der Waals surface area contributed by atoms with Crippen LogP contribution >= 0.6 is 22.6 Å². The molecule has 0 aliphatic carbocycles. The monoisotopic (exact) mass is 367 g/mol. The predicted molar refractivity (Wildman–Crippen MR) is 85.8 cm³/mol. The third-order valence-electron chi connectivity index (χ3n) is 2.69. The molecule has 2 rings (SSSR count). The lowest BCUT2D eigenvalue weighted by Crippen LogP contribution is -1.92. The fourth-order valence-electron chi connectivity index (χ4n) is 1.61. The van der Waals surface area contributed by atoms with Crippen molar-refractivity contribution in [1.29, 1.82) is 0 Å². The smallest absolute Gasteiger partial charge is 0.132 e. The molecule has 0 aromatic heterocycles. The number of methoxy groups -OCH3 is 1. The summed E-state index contributed by atoms with van der Waals surface area (Å²) in [7, 11) is 1.57. The second-order valence-corrected chi connectivity index (χ2v) is 5.30. The van der Waals surface area contributed by atoms with E-state index in [4.69, 9.17) is 4.74 Å². The Labute approximate surface area is 126 Å². The van der Waals surface area contributed by atoms with Crippen molar-refractivity contribution in [3.05, 3.63) is 51.1 Å². The number of halogens is 1. The van der Waals surface area contributed by atoms with E-state index in [0.717, 1.165) is 14.8 Å². The van der Waals surface area contributed by atoms with Gasteiger partial charge >= 0.3 is 0 Å². The molecule has 2 aromatic carbocycles. The van der Waals surface area contributed by atoms with Crippen LogP contribution in [-0.4, -0.2) is 18.4 Å². The van der Waals surface area contributed by atoms with Gasteiger partial charge in [0.05, 0.1) is 16.4 Å². The Balaban J connectivity index is 2.32. The summed E-state index contributed by atoms with van der Waals surface area (Å²) >= 11 is 2.07. The molecule has 0 amide bonds. The quantitative estimate of drug-likeness (QED) is 0.657. The van der Waals surface area contributed by atoms with Gasteiger partial charge in [0.15, 0.2) is 0 Å². The van der Waals surface area contributed by atoms with Crippen LogP contribution in [-0.2, 0) is 0 Å². The number of benzene rings is 2. The molecule has 0 spiro atoms. The zero-order valence-electron chi connectivity index (χ0n) is 10.7. The number of aromatic hydroxyl groups is 1. The molecule has 0 unspecified atom stereocenters. The second-order valence-electron chi connectivity index (χ2n) is 4.14. The number of rotatable bonds is 3. The van der Waals surface area contributed by atoms with Crippen LogP contribution < -0.4 is 4.74 Å². The molecule has 0 radical (unpaired) electrons. The lowest BCUT2D eigenvalue weighted by atomic mass is 10.2. The molecule has 1 N–H and O–H groups in total. The lowest BCUT2D eigenvalue weighted by Gasteiger charge is -2.06. The lowest BCUT2D eigenvalue weighted by molar-refractivity contribution is 0.406. The van der Waals surface area contributed by atoms with Gasteiger partial charge in [-0.05, 0) is 47.7 Å². The molecule has 98 valence electrons. The summed E-state index contributed by atoms with van der Waals surface area (Å²) in [4.78, 5) is 4.41. The molecule has 0 aliphatic rings. The van der Waals surface area contributed by atoms with E-state index in [9.17, 15) is 5.11 Å². The molecule has 0 atom stereocenters. The van der Waals surface area contributed by atoms with Crippen LogP contribution in [0.25, 0.3) is 0 Å². The number of aryl methyl sites for hydroxylation is 1. The Morgan fingerprint density at radius 2 is 1.89 bits per heavy atom. The van der Waals surface area contributed by atoms with Crippen molar-refractivity contribution in [3.8, 4) is 11.5 Å². The number of ether oxygens (including phenoxy) is 1. The first kappa shape index (κ1) is 13.9. The van der Waals surface area contributed by atoms with Gasteiger partial charge in [-0.25, -0.2) is 0 Å². The standard InChI is InChI=1S/C15H14INO2/c1-10-3-5-12(6-4-10)17-9-11-7-13(16)14(18)8-15(11)19-2/h3-9,18H,1-2H3. The molecule has 0 fully saturated rings. The van der Waals surface area contributed by atoms with Crippen molar-refractivity contribution in [2.45, 2.75) is 6.92 Å². The largest absolute Gasteiger partial charge is 0.507 e. The summed E-state index contributed by atoms with van der Waals surface area (Å²) < 4.78 is 6.00. The highest BCUT2D eigenvalue weighted by atomic mass is 127. The molecular weight excluding hydrogens is 353 g/mol. The Hall–Kier alpha value is -1.56. The van der Waals surface area contributed by atoms with Crippen molar-refractivity contribution in [2.24, 2.45) is 4.99 Å². The molecular formula is C15H14INO2. The Kier molecular flexibility index (Phi) is 4.42. The maximum atomic E-state index is 9.64. The average molecular weight is 367 g/mol. The topological polar surface area (TPSA) is 41.8 Å². The van der Waals surface area contributed by atoms with Gasteiger partial charge in [0, 0.05) is 17.8 Å². The van der Waals surface area contributed by atoms with Crippen LogP contribution in [0.3, 0.4) is 0 Å². The fourth-order valence-corrected chi connectivity index (χ4v) is 2.10. The Morgan fingerprint density at radius 1 is 1.21 bits per heavy atom. The SMILES string of the molecule is COc1cc(O)c(I)cc1C=Nc1ccc(C)cc1. The van der Waals surface area contributed by atoms with E-state index in [1.165, 1.54) is 5.56 Å². The summed E-state index contributed by atoms with van der Waals surface area (Å²) in [6.07, 6.45) is 1.74. The van der Waals surface area contributed by atoms with Gasteiger partial charge in [0.25, 0.3) is 0 Å². The first-order valence-corrected chi connectivity index (χ1v) is 6.85. The Morgan fingerprint density at radius 3 is 2.53 bits per heavy atom. The van der Waals surface area contributed by atoms with Gasteiger partial charge in [-0.3, -0.25) is 4.99 Å². The van der Waals surface area contributed by atoms with E-state index in [-0.39, 0.29) is 5.75 Å². The normalized spacial score (nSPS) is 10.9. The van der Waals surface area contributed by atoms with Crippen molar-refractivity contribution in [3.63, 3.8) is 0 Å². The molecule has 2 aromatic rings. The van der Waals surface area contributed by atoms with Crippen molar-refractivity contribution in [2.75, 3.05) is 7.11 Å². The summed E-state index contributed by atoms with van der Waals surface area (Å²) in [6.45, 7) is 2.04. The van der Waals surface area contributed by atoms with Crippen LogP contribution in [0, 0.1) is 10.5 Å².